The number of aliphatic hydroxyl groups is 1. The predicted molar refractivity (Wildman–Crippen MR) is 74.9 cm³/mol. The topological polar surface area (TPSA) is 41.5 Å². The molecule has 0 bridgehead atoms. The second-order valence-electron chi connectivity index (χ2n) is 5.30. The minimum Gasteiger partial charge on any atom is -0.497 e. The van der Waals surface area contributed by atoms with E-state index in [4.69, 9.17) is 4.74 Å². The second-order valence-corrected chi connectivity index (χ2v) is 5.30. The Morgan fingerprint density at radius 1 is 1.28 bits per heavy atom. The maximum absolute atomic E-state index is 10.1. The van der Waals surface area contributed by atoms with Crippen molar-refractivity contribution >= 4 is 0 Å². The van der Waals surface area contributed by atoms with E-state index < -0.39 is 6.10 Å². The van der Waals surface area contributed by atoms with Gasteiger partial charge in [-0.1, -0.05) is 25.5 Å². The Bertz CT molecular complexity index is 346. The van der Waals surface area contributed by atoms with Crippen LogP contribution in [0.5, 0.6) is 5.75 Å². The normalized spacial score (nSPS) is 13.4. The molecule has 18 heavy (non-hydrogen) atoms. The Hall–Kier alpha value is -1.06. The van der Waals surface area contributed by atoms with Gasteiger partial charge >= 0.3 is 0 Å². The molecular formula is C15H25NO2. The molecule has 1 unspecified atom stereocenters. The largest absolute Gasteiger partial charge is 0.497 e. The number of aliphatic hydroxyl groups excluding tert-OH is 1. The van der Waals surface area contributed by atoms with Gasteiger partial charge < -0.3 is 15.2 Å². The third-order valence-electron chi connectivity index (χ3n) is 3.15. The lowest BCUT2D eigenvalue weighted by Gasteiger charge is -2.27. The Balaban J connectivity index is 2.51. The van der Waals surface area contributed by atoms with Crippen molar-refractivity contribution in [2.45, 2.75) is 45.3 Å². The lowest BCUT2D eigenvalue weighted by Crippen LogP contribution is -2.41. The molecule has 0 amide bonds. The van der Waals surface area contributed by atoms with Crippen molar-refractivity contribution in [1.29, 1.82) is 0 Å². The summed E-state index contributed by atoms with van der Waals surface area (Å²) in [6.07, 6.45) is 1.76. The Labute approximate surface area is 110 Å². The molecule has 0 aromatic heterocycles. The highest BCUT2D eigenvalue weighted by molar-refractivity contribution is 5.28. The van der Waals surface area contributed by atoms with Gasteiger partial charge in [0.25, 0.3) is 0 Å². The third kappa shape index (κ3) is 4.67. The van der Waals surface area contributed by atoms with Crippen LogP contribution in [0.1, 0.15) is 45.3 Å². The van der Waals surface area contributed by atoms with Crippen LogP contribution >= 0.6 is 0 Å². The van der Waals surface area contributed by atoms with Crippen molar-refractivity contribution in [1.82, 2.24) is 5.32 Å². The van der Waals surface area contributed by atoms with Gasteiger partial charge in [-0.05, 0) is 38.0 Å². The van der Waals surface area contributed by atoms with E-state index in [1.807, 2.05) is 24.3 Å². The predicted octanol–water partition coefficient (Wildman–Crippen LogP) is 2.90. The molecule has 1 aromatic carbocycles. The Kier molecular flexibility index (Phi) is 5.63. The summed E-state index contributed by atoms with van der Waals surface area (Å²) >= 11 is 0. The van der Waals surface area contributed by atoms with Gasteiger partial charge in [0, 0.05) is 12.1 Å². The molecule has 1 atom stereocenters. The summed E-state index contributed by atoms with van der Waals surface area (Å²) < 4.78 is 5.10. The van der Waals surface area contributed by atoms with E-state index in [1.54, 1.807) is 7.11 Å². The van der Waals surface area contributed by atoms with Gasteiger partial charge in [-0.15, -0.1) is 0 Å². The monoisotopic (exact) mass is 251 g/mol. The van der Waals surface area contributed by atoms with Crippen molar-refractivity contribution in [3.05, 3.63) is 29.8 Å². The van der Waals surface area contributed by atoms with Gasteiger partial charge in [0.15, 0.2) is 0 Å². The van der Waals surface area contributed by atoms with E-state index in [0.717, 1.165) is 24.2 Å². The molecule has 0 aliphatic rings. The average molecular weight is 251 g/mol. The first-order valence-electron chi connectivity index (χ1n) is 6.55. The fraction of sp³-hybridized carbons (Fsp3) is 0.600. The molecule has 3 nitrogen and oxygen atoms in total. The van der Waals surface area contributed by atoms with Crippen LogP contribution < -0.4 is 10.1 Å². The van der Waals surface area contributed by atoms with Gasteiger partial charge in [-0.2, -0.15) is 0 Å². The number of methoxy groups -OCH3 is 1. The molecular weight excluding hydrogens is 226 g/mol. The molecule has 0 aliphatic heterocycles. The lowest BCUT2D eigenvalue weighted by molar-refractivity contribution is 0.159. The van der Waals surface area contributed by atoms with Crippen LogP contribution in [0.25, 0.3) is 0 Å². The van der Waals surface area contributed by atoms with Gasteiger partial charge in [-0.3, -0.25) is 0 Å². The molecule has 0 aliphatic carbocycles. The van der Waals surface area contributed by atoms with E-state index in [1.165, 1.54) is 0 Å². The molecule has 3 heteroatoms. The Morgan fingerprint density at radius 3 is 2.39 bits per heavy atom. The molecule has 0 fully saturated rings. The number of nitrogens with one attached hydrogen (secondary N) is 1. The summed E-state index contributed by atoms with van der Waals surface area (Å²) in [6, 6.07) is 7.54. The van der Waals surface area contributed by atoms with E-state index >= 15 is 0 Å². The number of hydrogen-bond acceptors (Lipinski definition) is 3. The van der Waals surface area contributed by atoms with Crippen LogP contribution in [-0.2, 0) is 0 Å². The van der Waals surface area contributed by atoms with Crippen LogP contribution in [0.15, 0.2) is 24.3 Å². The summed E-state index contributed by atoms with van der Waals surface area (Å²) in [5, 5.41) is 13.5. The molecule has 1 aromatic rings. The number of rotatable bonds is 7. The summed E-state index contributed by atoms with van der Waals surface area (Å²) in [5.41, 5.74) is 0.984. The molecule has 0 radical (unpaired) electrons. The Morgan fingerprint density at radius 2 is 1.89 bits per heavy atom. The lowest BCUT2D eigenvalue weighted by atomic mass is 9.98. The maximum atomic E-state index is 10.1. The van der Waals surface area contributed by atoms with Crippen molar-refractivity contribution in [2.24, 2.45) is 0 Å². The van der Waals surface area contributed by atoms with Crippen molar-refractivity contribution in [3.63, 3.8) is 0 Å². The first kappa shape index (κ1) is 15.0. The minimum atomic E-state index is -0.480. The van der Waals surface area contributed by atoms with E-state index in [0.29, 0.717) is 6.54 Å². The minimum absolute atomic E-state index is 0.0716. The fourth-order valence-electron chi connectivity index (χ4n) is 2.03. The quantitative estimate of drug-likeness (QED) is 0.783. The number of ether oxygens (including phenoxy) is 1. The zero-order chi connectivity index (χ0) is 13.6. The van der Waals surface area contributed by atoms with Crippen LogP contribution in [0.4, 0.5) is 0 Å². The van der Waals surface area contributed by atoms with E-state index in [9.17, 15) is 5.11 Å². The van der Waals surface area contributed by atoms with Crippen LogP contribution in [0, 0.1) is 0 Å². The summed E-state index contributed by atoms with van der Waals surface area (Å²) in [6.45, 7) is 7.07. The van der Waals surface area contributed by atoms with Crippen LogP contribution in [0.2, 0.25) is 0 Å². The molecule has 0 heterocycles. The SMILES string of the molecule is CCCC(C)(C)NCC(O)c1ccc(OC)cc1. The molecule has 0 spiro atoms. The van der Waals surface area contributed by atoms with E-state index in [-0.39, 0.29) is 5.54 Å². The smallest absolute Gasteiger partial charge is 0.118 e. The van der Waals surface area contributed by atoms with Crippen molar-refractivity contribution < 1.29 is 9.84 Å². The van der Waals surface area contributed by atoms with Gasteiger partial charge in [0.05, 0.1) is 13.2 Å². The van der Waals surface area contributed by atoms with Crippen LogP contribution in [0.3, 0.4) is 0 Å². The summed E-state index contributed by atoms with van der Waals surface area (Å²) in [5.74, 6) is 0.810. The number of hydrogen-bond donors (Lipinski definition) is 2. The highest BCUT2D eigenvalue weighted by atomic mass is 16.5. The number of β-amino-alcohol motifs (C(OH)–C–C–N with tert-alkyl or cyclic N) is 1. The maximum Gasteiger partial charge on any atom is 0.118 e. The van der Waals surface area contributed by atoms with E-state index in [2.05, 4.69) is 26.1 Å². The van der Waals surface area contributed by atoms with Crippen molar-refractivity contribution in [2.75, 3.05) is 13.7 Å². The first-order valence-corrected chi connectivity index (χ1v) is 6.55. The summed E-state index contributed by atoms with van der Waals surface area (Å²) in [7, 11) is 1.64. The average Bonchev–Trinajstić information content (AvgIpc) is 2.36. The standard InChI is InChI=1S/C15H25NO2/c1-5-10-15(2,3)16-11-14(17)12-6-8-13(18-4)9-7-12/h6-9,14,16-17H,5,10-11H2,1-4H3. The zero-order valence-electron chi connectivity index (χ0n) is 11.9. The van der Waals surface area contributed by atoms with Crippen LogP contribution in [-0.4, -0.2) is 24.3 Å². The first-order chi connectivity index (χ1) is 8.48. The van der Waals surface area contributed by atoms with Gasteiger partial charge in [0.1, 0.15) is 5.75 Å². The highest BCUT2D eigenvalue weighted by Crippen LogP contribution is 2.18. The molecule has 1 rings (SSSR count). The highest BCUT2D eigenvalue weighted by Gasteiger charge is 2.17. The molecule has 0 saturated carbocycles. The molecule has 0 saturated heterocycles. The van der Waals surface area contributed by atoms with Gasteiger partial charge in [0.2, 0.25) is 0 Å². The zero-order valence-corrected chi connectivity index (χ0v) is 11.9. The molecule has 2 N–H and O–H groups in total. The second kappa shape index (κ2) is 6.76. The number of benzene rings is 1. The fourth-order valence-corrected chi connectivity index (χ4v) is 2.03. The van der Waals surface area contributed by atoms with Crippen molar-refractivity contribution in [3.8, 4) is 5.75 Å². The third-order valence-corrected chi connectivity index (χ3v) is 3.15. The van der Waals surface area contributed by atoms with Gasteiger partial charge in [-0.25, -0.2) is 0 Å². The summed E-state index contributed by atoms with van der Waals surface area (Å²) in [4.78, 5) is 0. The molecule has 102 valence electrons.